The van der Waals surface area contributed by atoms with Crippen LogP contribution in [0.25, 0.3) is 0 Å². The van der Waals surface area contributed by atoms with E-state index < -0.39 is 0 Å². The Kier molecular flexibility index (Phi) is 3.55. The predicted octanol–water partition coefficient (Wildman–Crippen LogP) is 2.48. The molecule has 19 heavy (non-hydrogen) atoms. The molecular formula is C14H18N4O. The summed E-state index contributed by atoms with van der Waals surface area (Å²) < 4.78 is 1.48. The molecule has 100 valence electrons. The number of aromatic hydroxyl groups is 1. The van der Waals surface area contributed by atoms with Crippen molar-refractivity contribution in [3.8, 4) is 5.75 Å². The van der Waals surface area contributed by atoms with Crippen molar-refractivity contribution in [1.82, 2.24) is 9.66 Å². The summed E-state index contributed by atoms with van der Waals surface area (Å²) in [5, 5.41) is 14.4. The quantitative estimate of drug-likeness (QED) is 0.830. The fourth-order valence-corrected chi connectivity index (χ4v) is 1.87. The van der Waals surface area contributed by atoms with Gasteiger partial charge < -0.3 is 10.8 Å². The Morgan fingerprint density at radius 3 is 2.74 bits per heavy atom. The molecule has 0 saturated carbocycles. The lowest BCUT2D eigenvalue weighted by Gasteiger charge is -2.09. The molecule has 0 atom stereocenters. The minimum atomic E-state index is 0.258. The number of para-hydroxylation sites is 1. The van der Waals surface area contributed by atoms with Crippen molar-refractivity contribution in [1.29, 1.82) is 0 Å². The van der Waals surface area contributed by atoms with E-state index in [9.17, 15) is 5.11 Å². The molecule has 1 aromatic heterocycles. The average Bonchev–Trinajstić information content (AvgIpc) is 2.66. The van der Waals surface area contributed by atoms with Crippen LogP contribution in [-0.4, -0.2) is 21.0 Å². The molecule has 0 bridgehead atoms. The van der Waals surface area contributed by atoms with Crippen molar-refractivity contribution in [2.75, 3.05) is 5.73 Å². The van der Waals surface area contributed by atoms with Crippen LogP contribution < -0.4 is 5.73 Å². The number of phenols is 1. The number of anilines is 1. The normalized spacial score (nSPS) is 11.6. The first-order valence-electron chi connectivity index (χ1n) is 6.16. The van der Waals surface area contributed by atoms with Gasteiger partial charge >= 0.3 is 0 Å². The lowest BCUT2D eigenvalue weighted by atomic mass is 9.99. The number of imidazole rings is 1. The van der Waals surface area contributed by atoms with E-state index in [-0.39, 0.29) is 11.7 Å². The van der Waals surface area contributed by atoms with Crippen LogP contribution in [0.5, 0.6) is 5.75 Å². The molecule has 0 aliphatic heterocycles. The summed E-state index contributed by atoms with van der Waals surface area (Å²) in [7, 11) is 0. The number of benzene rings is 1. The van der Waals surface area contributed by atoms with Gasteiger partial charge in [0.05, 0.1) is 18.1 Å². The number of nitrogens with two attached hydrogens (primary N) is 1. The monoisotopic (exact) mass is 258 g/mol. The minimum Gasteiger partial charge on any atom is -0.507 e. The van der Waals surface area contributed by atoms with E-state index in [4.69, 9.17) is 5.73 Å². The van der Waals surface area contributed by atoms with Crippen molar-refractivity contribution >= 4 is 12.2 Å². The summed E-state index contributed by atoms with van der Waals surface area (Å²) in [6.45, 7) is 5.92. The first kappa shape index (κ1) is 13.1. The topological polar surface area (TPSA) is 76.4 Å². The molecule has 0 saturated heterocycles. The van der Waals surface area contributed by atoms with Gasteiger partial charge in [0.1, 0.15) is 5.75 Å². The van der Waals surface area contributed by atoms with Gasteiger partial charge in [-0.3, -0.25) is 0 Å². The highest BCUT2D eigenvalue weighted by molar-refractivity contribution is 5.84. The van der Waals surface area contributed by atoms with Crippen LogP contribution in [0.2, 0.25) is 0 Å². The number of rotatable bonds is 3. The van der Waals surface area contributed by atoms with Crippen LogP contribution in [0.4, 0.5) is 5.95 Å². The molecule has 0 aliphatic rings. The number of phenolic OH excluding ortho intramolecular Hbond substituents is 1. The van der Waals surface area contributed by atoms with Gasteiger partial charge in [0.15, 0.2) is 0 Å². The van der Waals surface area contributed by atoms with E-state index in [1.807, 2.05) is 39.0 Å². The van der Waals surface area contributed by atoms with Crippen molar-refractivity contribution in [2.45, 2.75) is 26.7 Å². The maximum atomic E-state index is 10.2. The van der Waals surface area contributed by atoms with Crippen LogP contribution in [0.15, 0.2) is 29.5 Å². The zero-order valence-electron chi connectivity index (χ0n) is 11.3. The molecule has 0 spiro atoms. The molecule has 5 heteroatoms. The Labute approximate surface area is 112 Å². The van der Waals surface area contributed by atoms with Crippen LogP contribution >= 0.6 is 0 Å². The molecule has 2 rings (SSSR count). The Hall–Kier alpha value is -2.30. The standard InChI is InChI=1S/C14H18N4O/c1-9(2)12-6-4-5-11(13(12)19)7-16-18-8-10(3)17-14(18)15/h4-9,19H,1-3H3,(H2,15,17). The molecule has 0 unspecified atom stereocenters. The van der Waals surface area contributed by atoms with E-state index in [0.717, 1.165) is 11.3 Å². The third-order valence-electron chi connectivity index (χ3n) is 2.88. The predicted molar refractivity (Wildman–Crippen MR) is 76.6 cm³/mol. The number of aromatic nitrogens is 2. The van der Waals surface area contributed by atoms with E-state index in [1.54, 1.807) is 12.4 Å². The van der Waals surface area contributed by atoms with Gasteiger partial charge in [0, 0.05) is 5.56 Å². The van der Waals surface area contributed by atoms with Gasteiger partial charge in [0.2, 0.25) is 5.95 Å². The van der Waals surface area contributed by atoms with E-state index in [2.05, 4.69) is 10.1 Å². The van der Waals surface area contributed by atoms with E-state index in [0.29, 0.717) is 11.5 Å². The largest absolute Gasteiger partial charge is 0.507 e. The SMILES string of the molecule is Cc1cn(N=Cc2cccc(C(C)C)c2O)c(N)n1. The molecule has 5 nitrogen and oxygen atoms in total. The first-order chi connectivity index (χ1) is 8.99. The summed E-state index contributed by atoms with van der Waals surface area (Å²) in [6, 6.07) is 5.62. The lowest BCUT2D eigenvalue weighted by molar-refractivity contribution is 0.464. The highest BCUT2D eigenvalue weighted by Gasteiger charge is 2.08. The molecule has 0 aliphatic carbocycles. The molecule has 1 heterocycles. The van der Waals surface area contributed by atoms with Crippen molar-refractivity contribution in [2.24, 2.45) is 5.10 Å². The zero-order valence-corrected chi connectivity index (χ0v) is 11.3. The summed E-state index contributed by atoms with van der Waals surface area (Å²) in [4.78, 5) is 4.06. The zero-order chi connectivity index (χ0) is 14.0. The summed E-state index contributed by atoms with van der Waals surface area (Å²) in [6.07, 6.45) is 3.31. The molecule has 0 amide bonds. The first-order valence-corrected chi connectivity index (χ1v) is 6.16. The van der Waals surface area contributed by atoms with Crippen molar-refractivity contribution < 1.29 is 5.11 Å². The summed E-state index contributed by atoms with van der Waals surface area (Å²) in [5.74, 6) is 0.846. The maximum absolute atomic E-state index is 10.2. The maximum Gasteiger partial charge on any atom is 0.221 e. The van der Waals surface area contributed by atoms with E-state index in [1.165, 1.54) is 4.68 Å². The Bertz CT molecular complexity index is 614. The highest BCUT2D eigenvalue weighted by atomic mass is 16.3. The third-order valence-corrected chi connectivity index (χ3v) is 2.88. The van der Waals surface area contributed by atoms with Gasteiger partial charge in [-0.1, -0.05) is 26.0 Å². The number of hydrogen-bond donors (Lipinski definition) is 2. The van der Waals surface area contributed by atoms with Crippen molar-refractivity contribution in [3.63, 3.8) is 0 Å². The Balaban J connectivity index is 2.34. The van der Waals surface area contributed by atoms with Crippen LogP contribution in [0, 0.1) is 6.92 Å². The van der Waals surface area contributed by atoms with Gasteiger partial charge in [-0.2, -0.15) is 5.10 Å². The van der Waals surface area contributed by atoms with Gasteiger partial charge in [-0.15, -0.1) is 0 Å². The minimum absolute atomic E-state index is 0.258. The fraction of sp³-hybridized carbons (Fsp3) is 0.286. The molecule has 0 radical (unpaired) electrons. The Morgan fingerprint density at radius 2 is 2.16 bits per heavy atom. The van der Waals surface area contributed by atoms with Crippen LogP contribution in [0.1, 0.15) is 36.6 Å². The smallest absolute Gasteiger partial charge is 0.221 e. The van der Waals surface area contributed by atoms with Crippen LogP contribution in [0.3, 0.4) is 0 Å². The summed E-state index contributed by atoms with van der Waals surface area (Å²) in [5.41, 5.74) is 8.06. The highest BCUT2D eigenvalue weighted by Crippen LogP contribution is 2.27. The lowest BCUT2D eigenvalue weighted by Crippen LogP contribution is -1.98. The Morgan fingerprint density at radius 1 is 1.42 bits per heavy atom. The molecular weight excluding hydrogens is 240 g/mol. The second kappa shape index (κ2) is 5.14. The summed E-state index contributed by atoms with van der Waals surface area (Å²) >= 11 is 0. The molecule has 0 fully saturated rings. The molecule has 3 N–H and O–H groups in total. The van der Waals surface area contributed by atoms with Crippen LogP contribution in [-0.2, 0) is 0 Å². The fourth-order valence-electron chi connectivity index (χ4n) is 1.87. The van der Waals surface area contributed by atoms with Crippen molar-refractivity contribution in [3.05, 3.63) is 41.2 Å². The van der Waals surface area contributed by atoms with Gasteiger partial charge in [-0.05, 0) is 24.5 Å². The average molecular weight is 258 g/mol. The number of nitrogen functional groups attached to an aromatic ring is 1. The number of hydrogen-bond acceptors (Lipinski definition) is 4. The number of aryl methyl sites for hydroxylation is 1. The number of nitrogens with zero attached hydrogens (tertiary/aromatic N) is 3. The molecule has 1 aromatic carbocycles. The second-order valence-electron chi connectivity index (χ2n) is 4.77. The molecule has 2 aromatic rings. The van der Waals surface area contributed by atoms with Gasteiger partial charge in [0.25, 0.3) is 0 Å². The third kappa shape index (κ3) is 2.76. The van der Waals surface area contributed by atoms with Gasteiger partial charge in [-0.25, -0.2) is 9.66 Å². The van der Waals surface area contributed by atoms with E-state index >= 15 is 0 Å². The second-order valence-corrected chi connectivity index (χ2v) is 4.77.